The van der Waals surface area contributed by atoms with Crippen molar-refractivity contribution in [1.82, 2.24) is 15.3 Å². The fraction of sp³-hybridized carbons (Fsp3) is 0.467. The van der Waals surface area contributed by atoms with Gasteiger partial charge in [0.15, 0.2) is 0 Å². The second-order valence-electron chi connectivity index (χ2n) is 4.90. The molecule has 108 valence electrons. The van der Waals surface area contributed by atoms with Crippen LogP contribution < -0.4 is 10.1 Å². The molecule has 0 fully saturated rings. The van der Waals surface area contributed by atoms with Crippen molar-refractivity contribution in [2.45, 2.75) is 46.4 Å². The minimum atomic E-state index is 0.463. The van der Waals surface area contributed by atoms with Gasteiger partial charge in [0.1, 0.15) is 12.4 Å². The number of thiazole rings is 1. The predicted octanol–water partition coefficient (Wildman–Crippen LogP) is 3.18. The van der Waals surface area contributed by atoms with Gasteiger partial charge in [0, 0.05) is 18.0 Å². The van der Waals surface area contributed by atoms with E-state index < -0.39 is 0 Å². The molecule has 0 aliphatic heterocycles. The first kappa shape index (κ1) is 14.9. The van der Waals surface area contributed by atoms with Crippen molar-refractivity contribution in [3.8, 4) is 5.75 Å². The molecule has 4 nitrogen and oxygen atoms in total. The Labute approximate surface area is 124 Å². The quantitative estimate of drug-likeness (QED) is 0.851. The average Bonchev–Trinajstić information content (AvgIpc) is 2.92. The molecule has 0 bridgehead atoms. The summed E-state index contributed by atoms with van der Waals surface area (Å²) in [5.41, 5.74) is 2.00. The molecule has 0 aromatic carbocycles. The van der Waals surface area contributed by atoms with E-state index in [4.69, 9.17) is 4.74 Å². The fourth-order valence-electron chi connectivity index (χ4n) is 1.64. The zero-order valence-electron chi connectivity index (χ0n) is 12.2. The van der Waals surface area contributed by atoms with Crippen LogP contribution in [0.3, 0.4) is 0 Å². The van der Waals surface area contributed by atoms with Crippen LogP contribution >= 0.6 is 11.3 Å². The van der Waals surface area contributed by atoms with E-state index in [-0.39, 0.29) is 0 Å². The lowest BCUT2D eigenvalue weighted by atomic mass is 10.3. The molecule has 2 aromatic heterocycles. The molecule has 5 heteroatoms. The maximum atomic E-state index is 5.69. The highest BCUT2D eigenvalue weighted by Crippen LogP contribution is 2.14. The van der Waals surface area contributed by atoms with E-state index in [9.17, 15) is 0 Å². The Morgan fingerprint density at radius 2 is 2.15 bits per heavy atom. The highest BCUT2D eigenvalue weighted by molar-refractivity contribution is 7.09. The lowest BCUT2D eigenvalue weighted by Gasteiger charge is -2.08. The zero-order valence-corrected chi connectivity index (χ0v) is 13.0. The first-order valence-electron chi connectivity index (χ1n) is 6.91. The molecule has 0 aliphatic carbocycles. The largest absolute Gasteiger partial charge is 0.486 e. The second-order valence-corrected chi connectivity index (χ2v) is 5.84. The number of ether oxygens (including phenoxy) is 1. The van der Waals surface area contributed by atoms with Gasteiger partial charge in [-0.1, -0.05) is 20.8 Å². The second kappa shape index (κ2) is 7.36. The average molecular weight is 291 g/mol. The highest BCUT2D eigenvalue weighted by atomic mass is 32.1. The highest BCUT2D eigenvalue weighted by Gasteiger charge is 2.02. The molecule has 0 aliphatic rings. The Kier molecular flexibility index (Phi) is 5.49. The van der Waals surface area contributed by atoms with Crippen molar-refractivity contribution < 1.29 is 4.74 Å². The van der Waals surface area contributed by atoms with Gasteiger partial charge in [-0.25, -0.2) is 4.98 Å². The molecule has 1 N–H and O–H groups in total. The van der Waals surface area contributed by atoms with Gasteiger partial charge in [0.05, 0.1) is 22.6 Å². The van der Waals surface area contributed by atoms with Gasteiger partial charge in [-0.05, 0) is 18.6 Å². The fourth-order valence-corrected chi connectivity index (χ4v) is 2.37. The molecule has 0 spiro atoms. The molecule has 2 heterocycles. The van der Waals surface area contributed by atoms with Crippen molar-refractivity contribution in [2.24, 2.45) is 0 Å². The van der Waals surface area contributed by atoms with Crippen molar-refractivity contribution in [3.63, 3.8) is 0 Å². The summed E-state index contributed by atoms with van der Waals surface area (Å²) in [6, 6.07) is 4.41. The zero-order chi connectivity index (χ0) is 14.4. The van der Waals surface area contributed by atoms with Gasteiger partial charge in [-0.15, -0.1) is 11.3 Å². The first-order chi connectivity index (χ1) is 9.67. The number of aryl methyl sites for hydroxylation is 1. The van der Waals surface area contributed by atoms with Gasteiger partial charge >= 0.3 is 0 Å². The number of hydrogen-bond donors (Lipinski definition) is 1. The molecule has 0 amide bonds. The van der Waals surface area contributed by atoms with E-state index in [0.29, 0.717) is 12.6 Å². The number of aromatic nitrogens is 2. The van der Waals surface area contributed by atoms with Crippen molar-refractivity contribution in [3.05, 3.63) is 40.1 Å². The maximum absolute atomic E-state index is 5.69. The van der Waals surface area contributed by atoms with Crippen molar-refractivity contribution >= 4 is 11.3 Å². The lowest BCUT2D eigenvalue weighted by Crippen LogP contribution is -2.22. The number of hydrogen-bond acceptors (Lipinski definition) is 5. The summed E-state index contributed by atoms with van der Waals surface area (Å²) in [7, 11) is 0. The minimum Gasteiger partial charge on any atom is -0.486 e. The molecule has 20 heavy (non-hydrogen) atoms. The molecule has 0 radical (unpaired) electrons. The Hall–Kier alpha value is -1.46. The van der Waals surface area contributed by atoms with Crippen LogP contribution in [0.2, 0.25) is 0 Å². The van der Waals surface area contributed by atoms with Crippen LogP contribution in [0.15, 0.2) is 23.7 Å². The summed E-state index contributed by atoms with van der Waals surface area (Å²) in [6.07, 6.45) is 2.74. The lowest BCUT2D eigenvalue weighted by molar-refractivity contribution is 0.300. The van der Waals surface area contributed by atoms with Crippen LogP contribution in [0.25, 0.3) is 0 Å². The maximum Gasteiger partial charge on any atom is 0.138 e. The summed E-state index contributed by atoms with van der Waals surface area (Å²) in [5.74, 6) is 0.782. The smallest absolute Gasteiger partial charge is 0.138 e. The van der Waals surface area contributed by atoms with Gasteiger partial charge in [-0.3, -0.25) is 4.98 Å². The number of nitrogens with one attached hydrogen (secondary N) is 1. The Morgan fingerprint density at radius 3 is 2.75 bits per heavy atom. The van der Waals surface area contributed by atoms with Gasteiger partial charge in [0.25, 0.3) is 0 Å². The molecule has 0 atom stereocenters. The third-order valence-corrected chi connectivity index (χ3v) is 3.82. The van der Waals surface area contributed by atoms with Crippen LogP contribution in [0.4, 0.5) is 0 Å². The van der Waals surface area contributed by atoms with E-state index in [1.807, 2.05) is 17.5 Å². The van der Waals surface area contributed by atoms with Crippen LogP contribution in [-0.2, 0) is 19.6 Å². The summed E-state index contributed by atoms with van der Waals surface area (Å²) in [6.45, 7) is 7.63. The molecule has 0 saturated heterocycles. The van der Waals surface area contributed by atoms with Gasteiger partial charge in [0.2, 0.25) is 0 Å². The Bertz CT molecular complexity index is 522. The van der Waals surface area contributed by atoms with E-state index in [1.165, 1.54) is 0 Å². The van der Waals surface area contributed by atoms with Crippen LogP contribution in [0.5, 0.6) is 5.75 Å². The van der Waals surface area contributed by atoms with E-state index in [2.05, 4.69) is 36.1 Å². The summed E-state index contributed by atoms with van der Waals surface area (Å²) in [5, 5.41) is 6.53. The summed E-state index contributed by atoms with van der Waals surface area (Å²) in [4.78, 5) is 8.85. The Balaban J connectivity index is 1.84. The third-order valence-electron chi connectivity index (χ3n) is 2.78. The summed E-state index contributed by atoms with van der Waals surface area (Å²) < 4.78 is 5.69. The van der Waals surface area contributed by atoms with E-state index in [0.717, 1.165) is 35.1 Å². The standard InChI is InChI=1S/C15H21N3OS/c1-4-15-18-13(10-20-15)9-19-14-6-5-12(17-8-14)7-16-11(2)3/h5-6,8,10-11,16H,4,7,9H2,1-3H3. The molecule has 0 saturated carbocycles. The van der Waals surface area contributed by atoms with Gasteiger partial charge < -0.3 is 10.1 Å². The number of pyridine rings is 1. The predicted molar refractivity (Wildman–Crippen MR) is 82.0 cm³/mol. The minimum absolute atomic E-state index is 0.463. The topological polar surface area (TPSA) is 47.0 Å². The SMILES string of the molecule is CCc1nc(COc2ccc(CNC(C)C)nc2)cs1. The number of rotatable bonds is 7. The molecule has 2 aromatic rings. The first-order valence-corrected chi connectivity index (χ1v) is 7.79. The molecular weight excluding hydrogens is 270 g/mol. The summed E-state index contributed by atoms with van der Waals surface area (Å²) >= 11 is 1.68. The Morgan fingerprint density at radius 1 is 1.30 bits per heavy atom. The normalized spacial score (nSPS) is 11.0. The monoisotopic (exact) mass is 291 g/mol. The molecule has 0 unspecified atom stereocenters. The van der Waals surface area contributed by atoms with Crippen molar-refractivity contribution in [2.75, 3.05) is 0 Å². The molecular formula is C15H21N3OS. The number of nitrogens with zero attached hydrogens (tertiary/aromatic N) is 2. The van der Waals surface area contributed by atoms with Crippen LogP contribution in [-0.4, -0.2) is 16.0 Å². The van der Waals surface area contributed by atoms with Gasteiger partial charge in [-0.2, -0.15) is 0 Å². The van der Waals surface area contributed by atoms with E-state index in [1.54, 1.807) is 17.5 Å². The third kappa shape index (κ3) is 4.58. The van der Waals surface area contributed by atoms with Crippen molar-refractivity contribution in [1.29, 1.82) is 0 Å². The van der Waals surface area contributed by atoms with Crippen LogP contribution in [0.1, 0.15) is 37.2 Å². The van der Waals surface area contributed by atoms with Crippen LogP contribution in [0, 0.1) is 0 Å². The van der Waals surface area contributed by atoms with E-state index >= 15 is 0 Å². The molecule has 2 rings (SSSR count).